The molecule has 1 unspecified atom stereocenters. The molecule has 3 rings (SSSR count). The molecule has 0 aliphatic carbocycles. The Morgan fingerprint density at radius 1 is 1.20 bits per heavy atom. The maximum absolute atomic E-state index is 12.0. The fraction of sp³-hybridized carbons (Fsp3) is 0.579. The summed E-state index contributed by atoms with van der Waals surface area (Å²) in [6, 6.07) is 7.98. The van der Waals surface area contributed by atoms with E-state index in [9.17, 15) is 9.59 Å². The summed E-state index contributed by atoms with van der Waals surface area (Å²) in [6.45, 7) is 6.32. The largest absolute Gasteiger partial charge is 0.380 e. The van der Waals surface area contributed by atoms with Crippen LogP contribution >= 0.6 is 0 Å². The molecule has 25 heavy (non-hydrogen) atoms. The highest BCUT2D eigenvalue weighted by atomic mass is 16.5. The van der Waals surface area contributed by atoms with Gasteiger partial charge in [-0.05, 0) is 62.9 Å². The van der Waals surface area contributed by atoms with Crippen molar-refractivity contribution in [1.82, 2.24) is 10.2 Å². The first-order valence-corrected chi connectivity index (χ1v) is 9.09. The zero-order valence-electron chi connectivity index (χ0n) is 14.8. The van der Waals surface area contributed by atoms with Gasteiger partial charge in [0.1, 0.15) is 0 Å². The van der Waals surface area contributed by atoms with E-state index in [-0.39, 0.29) is 0 Å². The van der Waals surface area contributed by atoms with Crippen molar-refractivity contribution in [3.05, 3.63) is 29.8 Å². The zero-order valence-corrected chi connectivity index (χ0v) is 14.8. The number of hydrogen-bond donors (Lipinski definition) is 2. The molecule has 2 N–H and O–H groups in total. The molecule has 136 valence electrons. The predicted molar refractivity (Wildman–Crippen MR) is 96.3 cm³/mol. The van der Waals surface area contributed by atoms with E-state index in [2.05, 4.69) is 15.5 Å². The Hall–Kier alpha value is -1.92. The van der Waals surface area contributed by atoms with Crippen LogP contribution in [-0.2, 0) is 14.3 Å². The van der Waals surface area contributed by atoms with Crippen molar-refractivity contribution in [1.29, 1.82) is 0 Å². The number of likely N-dealkylation sites (tertiary alicyclic amines) is 1. The van der Waals surface area contributed by atoms with E-state index < -0.39 is 11.8 Å². The first-order chi connectivity index (χ1) is 12.1. The van der Waals surface area contributed by atoms with Gasteiger partial charge in [0.2, 0.25) is 0 Å². The second-order valence-electron chi connectivity index (χ2n) is 7.03. The molecule has 2 amide bonds. The molecule has 6 nitrogen and oxygen atoms in total. The highest BCUT2D eigenvalue weighted by Gasteiger charge is 2.28. The number of nitrogens with zero attached hydrogens (tertiary/aromatic N) is 1. The number of carbonyl (C=O) groups is 2. The van der Waals surface area contributed by atoms with E-state index in [0.29, 0.717) is 24.2 Å². The summed E-state index contributed by atoms with van der Waals surface area (Å²) in [4.78, 5) is 26.5. The van der Waals surface area contributed by atoms with E-state index in [1.165, 1.54) is 0 Å². The van der Waals surface area contributed by atoms with Crippen LogP contribution in [0.25, 0.3) is 0 Å². The van der Waals surface area contributed by atoms with Gasteiger partial charge < -0.3 is 15.4 Å². The Balaban J connectivity index is 1.38. The van der Waals surface area contributed by atoms with E-state index in [0.717, 1.165) is 51.1 Å². The van der Waals surface area contributed by atoms with Crippen LogP contribution in [0.4, 0.5) is 5.69 Å². The molecule has 0 radical (unpaired) electrons. The zero-order chi connectivity index (χ0) is 17.6. The lowest BCUT2D eigenvalue weighted by atomic mass is 9.95. The van der Waals surface area contributed by atoms with Crippen molar-refractivity contribution in [2.45, 2.75) is 32.2 Å². The Labute approximate surface area is 148 Å². The topological polar surface area (TPSA) is 70.7 Å². The van der Waals surface area contributed by atoms with Gasteiger partial charge >= 0.3 is 11.8 Å². The number of piperidine rings is 1. The SMILES string of the molecule is Cc1cccc(NC(=O)C(=O)NCC2CCN(C3CCOC3)CC2)c1. The molecule has 6 heteroatoms. The van der Waals surface area contributed by atoms with Crippen LogP contribution in [0.3, 0.4) is 0 Å². The van der Waals surface area contributed by atoms with Crippen molar-refractivity contribution >= 4 is 17.5 Å². The maximum Gasteiger partial charge on any atom is 0.313 e. The van der Waals surface area contributed by atoms with Gasteiger partial charge in [0.05, 0.1) is 6.61 Å². The third-order valence-corrected chi connectivity index (χ3v) is 5.10. The minimum absolute atomic E-state index is 0.439. The van der Waals surface area contributed by atoms with Crippen molar-refractivity contribution < 1.29 is 14.3 Å². The van der Waals surface area contributed by atoms with Gasteiger partial charge in [0, 0.05) is 24.9 Å². The number of carbonyl (C=O) groups excluding carboxylic acids is 2. The Morgan fingerprint density at radius 2 is 2.00 bits per heavy atom. The second kappa shape index (κ2) is 8.45. The molecule has 2 aliphatic heterocycles. The highest BCUT2D eigenvalue weighted by molar-refractivity contribution is 6.39. The van der Waals surface area contributed by atoms with Gasteiger partial charge in [-0.1, -0.05) is 12.1 Å². The summed E-state index contributed by atoms with van der Waals surface area (Å²) in [5, 5.41) is 5.42. The lowest BCUT2D eigenvalue weighted by Gasteiger charge is -2.35. The van der Waals surface area contributed by atoms with Gasteiger partial charge in [-0.15, -0.1) is 0 Å². The number of rotatable bonds is 4. The first kappa shape index (κ1) is 17.9. The smallest absolute Gasteiger partial charge is 0.313 e. The Bertz CT molecular complexity index is 606. The molecular formula is C19H27N3O3. The van der Waals surface area contributed by atoms with Gasteiger partial charge in [-0.25, -0.2) is 0 Å². The maximum atomic E-state index is 12.0. The summed E-state index contributed by atoms with van der Waals surface area (Å²) in [6.07, 6.45) is 3.23. The summed E-state index contributed by atoms with van der Waals surface area (Å²) in [5.41, 5.74) is 1.69. The third-order valence-electron chi connectivity index (χ3n) is 5.10. The number of benzene rings is 1. The van der Waals surface area contributed by atoms with Crippen molar-refractivity contribution in [2.24, 2.45) is 5.92 Å². The summed E-state index contributed by atoms with van der Waals surface area (Å²) >= 11 is 0. The van der Waals surface area contributed by atoms with Crippen molar-refractivity contribution in [2.75, 3.05) is 38.2 Å². The van der Waals surface area contributed by atoms with Crippen LogP contribution in [0.1, 0.15) is 24.8 Å². The molecular weight excluding hydrogens is 318 g/mol. The summed E-state index contributed by atoms with van der Waals surface area (Å²) in [5.74, 6) is -0.728. The summed E-state index contributed by atoms with van der Waals surface area (Å²) in [7, 11) is 0. The minimum Gasteiger partial charge on any atom is -0.380 e. The normalized spacial score (nSPS) is 21.9. The molecule has 0 spiro atoms. The van der Waals surface area contributed by atoms with Crippen LogP contribution in [-0.4, -0.2) is 55.6 Å². The molecule has 2 heterocycles. The van der Waals surface area contributed by atoms with Crippen LogP contribution in [0.5, 0.6) is 0 Å². The number of aryl methyl sites for hydroxylation is 1. The van der Waals surface area contributed by atoms with Gasteiger partial charge in [0.15, 0.2) is 0 Å². The number of anilines is 1. The molecule has 1 atom stereocenters. The van der Waals surface area contributed by atoms with E-state index >= 15 is 0 Å². The lowest BCUT2D eigenvalue weighted by molar-refractivity contribution is -0.136. The van der Waals surface area contributed by atoms with Crippen LogP contribution in [0.2, 0.25) is 0 Å². The van der Waals surface area contributed by atoms with Crippen molar-refractivity contribution in [3.63, 3.8) is 0 Å². The molecule has 0 bridgehead atoms. The first-order valence-electron chi connectivity index (χ1n) is 9.09. The molecule has 1 aromatic rings. The third kappa shape index (κ3) is 5.03. The average molecular weight is 345 g/mol. The van der Waals surface area contributed by atoms with E-state index in [4.69, 9.17) is 4.74 Å². The Morgan fingerprint density at radius 3 is 2.68 bits per heavy atom. The molecule has 2 saturated heterocycles. The van der Waals surface area contributed by atoms with Gasteiger partial charge in [-0.3, -0.25) is 14.5 Å². The van der Waals surface area contributed by atoms with E-state index in [1.807, 2.05) is 25.1 Å². The summed E-state index contributed by atoms with van der Waals surface area (Å²) < 4.78 is 5.46. The van der Waals surface area contributed by atoms with Gasteiger partial charge in [-0.2, -0.15) is 0 Å². The minimum atomic E-state index is -0.605. The van der Waals surface area contributed by atoms with E-state index in [1.54, 1.807) is 6.07 Å². The average Bonchev–Trinajstić information content (AvgIpc) is 3.14. The predicted octanol–water partition coefficient (Wildman–Crippen LogP) is 1.55. The van der Waals surface area contributed by atoms with Gasteiger partial charge in [0.25, 0.3) is 0 Å². The second-order valence-corrected chi connectivity index (χ2v) is 7.03. The number of amides is 2. The Kier molecular flexibility index (Phi) is 6.04. The molecule has 0 saturated carbocycles. The monoisotopic (exact) mass is 345 g/mol. The standard InChI is InChI=1S/C19H27N3O3/c1-14-3-2-4-16(11-14)21-19(24)18(23)20-12-15-5-8-22(9-6-15)17-7-10-25-13-17/h2-4,11,15,17H,5-10,12-13H2,1H3,(H,20,23)(H,21,24). The fourth-order valence-corrected chi connectivity index (χ4v) is 3.56. The fourth-order valence-electron chi connectivity index (χ4n) is 3.56. The van der Waals surface area contributed by atoms with Crippen molar-refractivity contribution in [3.8, 4) is 0 Å². The number of ether oxygens (including phenoxy) is 1. The molecule has 2 aliphatic rings. The number of hydrogen-bond acceptors (Lipinski definition) is 4. The molecule has 0 aromatic heterocycles. The molecule has 1 aromatic carbocycles. The van der Waals surface area contributed by atoms with Crippen LogP contribution in [0, 0.1) is 12.8 Å². The quantitative estimate of drug-likeness (QED) is 0.813. The van der Waals surface area contributed by atoms with Crippen LogP contribution in [0.15, 0.2) is 24.3 Å². The van der Waals surface area contributed by atoms with Crippen LogP contribution < -0.4 is 10.6 Å². The lowest BCUT2D eigenvalue weighted by Crippen LogP contribution is -2.45. The molecule has 2 fully saturated rings. The highest BCUT2D eigenvalue weighted by Crippen LogP contribution is 2.21. The number of nitrogens with one attached hydrogen (secondary N) is 2.